The van der Waals surface area contributed by atoms with E-state index in [1.807, 2.05) is 13.8 Å². The number of hydrogen-bond donors (Lipinski definition) is 4. The Morgan fingerprint density at radius 1 is 1.29 bits per heavy atom. The summed E-state index contributed by atoms with van der Waals surface area (Å²) in [7, 11) is -3.81. The van der Waals surface area contributed by atoms with Crippen molar-refractivity contribution in [1.29, 1.82) is 0 Å². The number of nitrogens with one attached hydrogen (secondary N) is 2. The lowest BCUT2D eigenvalue weighted by molar-refractivity contribution is -0.120. The zero-order valence-corrected chi connectivity index (χ0v) is 13.0. The number of hydrogen-bond acceptors (Lipinski definition) is 5. The third kappa shape index (κ3) is 6.46. The van der Waals surface area contributed by atoms with Gasteiger partial charge in [-0.05, 0) is 24.1 Å². The van der Waals surface area contributed by atoms with E-state index in [1.165, 1.54) is 12.1 Å². The van der Waals surface area contributed by atoms with E-state index in [-0.39, 0.29) is 22.9 Å². The summed E-state index contributed by atoms with van der Waals surface area (Å²) in [5.74, 6) is 0.333. The Bertz CT molecular complexity index is 599. The summed E-state index contributed by atoms with van der Waals surface area (Å²) in [4.78, 5) is 11.5. The number of primary sulfonamides is 1. The topological polar surface area (TPSA) is 127 Å². The quantitative estimate of drug-likeness (QED) is 0.545. The van der Waals surface area contributed by atoms with Crippen LogP contribution in [-0.4, -0.2) is 27.4 Å². The zero-order chi connectivity index (χ0) is 16.0. The minimum absolute atomic E-state index is 0.0609. The summed E-state index contributed by atoms with van der Waals surface area (Å²) in [5, 5.41) is 10.8. The molecule has 118 valence electrons. The van der Waals surface area contributed by atoms with Gasteiger partial charge in [0, 0.05) is 30.9 Å². The van der Waals surface area contributed by atoms with Crippen molar-refractivity contribution in [2.45, 2.75) is 25.2 Å². The van der Waals surface area contributed by atoms with Crippen LogP contribution in [0.4, 0.5) is 11.4 Å². The molecule has 0 aliphatic carbocycles. The van der Waals surface area contributed by atoms with Crippen molar-refractivity contribution in [3.8, 4) is 0 Å². The molecule has 0 fully saturated rings. The van der Waals surface area contributed by atoms with E-state index in [0.717, 1.165) is 0 Å². The lowest BCUT2D eigenvalue weighted by Gasteiger charge is -2.10. The number of sulfonamides is 1. The maximum absolute atomic E-state index is 11.5. The highest BCUT2D eigenvalue weighted by molar-refractivity contribution is 7.89. The summed E-state index contributed by atoms with van der Waals surface area (Å²) in [6.07, 6.45) is 0.284. The molecule has 6 N–H and O–H groups in total. The molecule has 0 saturated heterocycles. The van der Waals surface area contributed by atoms with Gasteiger partial charge in [0.1, 0.15) is 0 Å². The van der Waals surface area contributed by atoms with E-state index in [2.05, 4.69) is 10.6 Å². The van der Waals surface area contributed by atoms with Gasteiger partial charge in [-0.3, -0.25) is 4.79 Å². The molecule has 0 aromatic heterocycles. The van der Waals surface area contributed by atoms with Crippen LogP contribution in [0.15, 0.2) is 23.1 Å². The molecule has 0 saturated carbocycles. The van der Waals surface area contributed by atoms with E-state index in [0.29, 0.717) is 24.7 Å². The van der Waals surface area contributed by atoms with Gasteiger partial charge in [-0.2, -0.15) is 0 Å². The highest BCUT2D eigenvalue weighted by atomic mass is 32.2. The molecular weight excluding hydrogens is 292 g/mol. The lowest BCUT2D eigenvalue weighted by Crippen LogP contribution is -2.28. The summed E-state index contributed by atoms with van der Waals surface area (Å²) in [5.41, 5.74) is 6.42. The standard InChI is InChI=1S/C13H22N4O3S/c1-9(2)8-17-13(18)3-4-16-11-5-10(14)6-12(7-11)21(15,19)20/h5-7,9,16H,3-4,8,14H2,1-2H3,(H,17,18)(H2,15,19,20). The second-order valence-electron chi connectivity index (χ2n) is 5.21. The maximum Gasteiger partial charge on any atom is 0.238 e. The van der Waals surface area contributed by atoms with Gasteiger partial charge in [0.25, 0.3) is 0 Å². The van der Waals surface area contributed by atoms with Crippen molar-refractivity contribution in [1.82, 2.24) is 5.32 Å². The molecule has 1 aromatic rings. The van der Waals surface area contributed by atoms with Crippen LogP contribution < -0.4 is 21.5 Å². The van der Waals surface area contributed by atoms with E-state index in [1.54, 1.807) is 6.07 Å². The Morgan fingerprint density at radius 3 is 2.52 bits per heavy atom. The second-order valence-corrected chi connectivity index (χ2v) is 6.77. The molecule has 0 unspecified atom stereocenters. The van der Waals surface area contributed by atoms with Crippen LogP contribution in [0.5, 0.6) is 0 Å². The number of rotatable bonds is 7. The van der Waals surface area contributed by atoms with Crippen LogP contribution in [0, 0.1) is 5.92 Å². The van der Waals surface area contributed by atoms with Crippen molar-refractivity contribution in [2.75, 3.05) is 24.1 Å². The van der Waals surface area contributed by atoms with Gasteiger partial charge in [-0.1, -0.05) is 13.8 Å². The number of benzene rings is 1. The van der Waals surface area contributed by atoms with Crippen LogP contribution in [0.3, 0.4) is 0 Å². The van der Waals surface area contributed by atoms with E-state index < -0.39 is 10.0 Å². The van der Waals surface area contributed by atoms with Crippen molar-refractivity contribution < 1.29 is 13.2 Å². The molecule has 21 heavy (non-hydrogen) atoms. The minimum atomic E-state index is -3.81. The van der Waals surface area contributed by atoms with Crippen molar-refractivity contribution in [2.24, 2.45) is 11.1 Å². The Morgan fingerprint density at radius 2 is 1.95 bits per heavy atom. The molecule has 0 radical (unpaired) electrons. The van der Waals surface area contributed by atoms with Gasteiger partial charge in [-0.25, -0.2) is 13.6 Å². The van der Waals surface area contributed by atoms with Gasteiger partial charge >= 0.3 is 0 Å². The highest BCUT2D eigenvalue weighted by Gasteiger charge is 2.10. The second kappa shape index (κ2) is 7.28. The molecule has 0 spiro atoms. The van der Waals surface area contributed by atoms with Crippen LogP contribution in [0.25, 0.3) is 0 Å². The van der Waals surface area contributed by atoms with Gasteiger partial charge in [0.05, 0.1) is 4.90 Å². The molecule has 7 nitrogen and oxygen atoms in total. The minimum Gasteiger partial charge on any atom is -0.399 e. The van der Waals surface area contributed by atoms with E-state index >= 15 is 0 Å². The number of anilines is 2. The highest BCUT2D eigenvalue weighted by Crippen LogP contribution is 2.19. The monoisotopic (exact) mass is 314 g/mol. The number of carbonyl (C=O) groups is 1. The van der Waals surface area contributed by atoms with E-state index in [9.17, 15) is 13.2 Å². The SMILES string of the molecule is CC(C)CNC(=O)CCNc1cc(N)cc(S(N)(=O)=O)c1. The molecule has 0 atom stereocenters. The smallest absolute Gasteiger partial charge is 0.238 e. The van der Waals surface area contributed by atoms with Crippen LogP contribution >= 0.6 is 0 Å². The largest absolute Gasteiger partial charge is 0.399 e. The summed E-state index contributed by atoms with van der Waals surface area (Å²) < 4.78 is 22.6. The molecule has 8 heteroatoms. The summed E-state index contributed by atoms with van der Waals surface area (Å²) in [6.45, 7) is 5.03. The number of nitrogen functional groups attached to an aromatic ring is 1. The normalized spacial score (nSPS) is 11.4. The molecule has 0 bridgehead atoms. The van der Waals surface area contributed by atoms with Crippen molar-refractivity contribution in [3.63, 3.8) is 0 Å². The van der Waals surface area contributed by atoms with Crippen molar-refractivity contribution in [3.05, 3.63) is 18.2 Å². The van der Waals surface area contributed by atoms with Crippen molar-refractivity contribution >= 4 is 27.3 Å². The van der Waals surface area contributed by atoms with Crippen LogP contribution in [-0.2, 0) is 14.8 Å². The molecule has 1 rings (SSSR count). The first kappa shape index (κ1) is 17.3. The fourth-order valence-electron chi connectivity index (χ4n) is 1.62. The van der Waals surface area contributed by atoms with Gasteiger partial charge in [-0.15, -0.1) is 0 Å². The number of amides is 1. The molecule has 0 aliphatic rings. The van der Waals surface area contributed by atoms with Gasteiger partial charge in [0.2, 0.25) is 15.9 Å². The van der Waals surface area contributed by atoms with Crippen LogP contribution in [0.2, 0.25) is 0 Å². The molecule has 0 heterocycles. The fraction of sp³-hybridized carbons (Fsp3) is 0.462. The molecule has 0 aliphatic heterocycles. The third-order valence-electron chi connectivity index (χ3n) is 2.65. The molecule has 1 aromatic carbocycles. The molecular formula is C13H22N4O3S. The van der Waals surface area contributed by atoms with Gasteiger partial charge < -0.3 is 16.4 Å². The first-order chi connectivity index (χ1) is 9.68. The fourth-order valence-corrected chi connectivity index (χ4v) is 2.21. The predicted octanol–water partition coefficient (Wildman–Crippen LogP) is 0.490. The number of nitrogens with two attached hydrogens (primary N) is 2. The Labute approximate surface area is 125 Å². The zero-order valence-electron chi connectivity index (χ0n) is 12.2. The maximum atomic E-state index is 11.5. The first-order valence-electron chi connectivity index (χ1n) is 6.62. The summed E-state index contributed by atoms with van der Waals surface area (Å²) >= 11 is 0. The summed E-state index contributed by atoms with van der Waals surface area (Å²) in [6, 6.07) is 4.26. The predicted molar refractivity (Wildman–Crippen MR) is 83.2 cm³/mol. The Kier molecular flexibility index (Phi) is 5.98. The van der Waals surface area contributed by atoms with Crippen LogP contribution in [0.1, 0.15) is 20.3 Å². The third-order valence-corrected chi connectivity index (χ3v) is 3.54. The average molecular weight is 314 g/mol. The Balaban J connectivity index is 2.56. The number of carbonyl (C=O) groups excluding carboxylic acids is 1. The average Bonchev–Trinajstić information content (AvgIpc) is 2.34. The lowest BCUT2D eigenvalue weighted by atomic mass is 10.2. The molecule has 1 amide bonds. The Hall–Kier alpha value is -1.80. The van der Waals surface area contributed by atoms with Gasteiger partial charge in [0.15, 0.2) is 0 Å². The van der Waals surface area contributed by atoms with E-state index in [4.69, 9.17) is 10.9 Å². The first-order valence-corrected chi connectivity index (χ1v) is 8.17.